The van der Waals surface area contributed by atoms with Gasteiger partial charge in [0.15, 0.2) is 6.10 Å². The molecule has 0 saturated carbocycles. The van der Waals surface area contributed by atoms with Gasteiger partial charge in [-0.3, -0.25) is 4.79 Å². The van der Waals surface area contributed by atoms with Gasteiger partial charge in [-0.05, 0) is 23.4 Å². The zero-order valence-electron chi connectivity index (χ0n) is 10.9. The Balaban J connectivity index is 2.05. The van der Waals surface area contributed by atoms with Gasteiger partial charge in [0.05, 0.1) is 6.04 Å². The first-order chi connectivity index (χ1) is 9.72. The average molecular weight is 291 g/mol. The lowest BCUT2D eigenvalue weighted by Crippen LogP contribution is -2.33. The van der Waals surface area contributed by atoms with E-state index in [-0.39, 0.29) is 12.6 Å². The predicted octanol–water partition coefficient (Wildman–Crippen LogP) is 2.02. The summed E-state index contributed by atoms with van der Waals surface area (Å²) in [5.74, 6) is -0.456. The second kappa shape index (κ2) is 7.19. The molecule has 2 aromatic rings. The molecule has 1 heterocycles. The number of carbonyl (C=O) groups excluding carboxylic acids is 1. The summed E-state index contributed by atoms with van der Waals surface area (Å²) in [6.45, 7) is -0.0235. The van der Waals surface area contributed by atoms with Gasteiger partial charge in [-0.1, -0.05) is 36.4 Å². The molecule has 2 atom stereocenters. The van der Waals surface area contributed by atoms with Gasteiger partial charge in [0, 0.05) is 11.5 Å². The standard InChI is InChI=1S/C15H17NO3S/c17-9-8-12(13-7-4-10-20-13)16-15(19)14(18)11-5-2-1-3-6-11/h1-7,10,12,14,17-18H,8-9H2,(H,16,19)/t12-,14+/m0/s1. The Morgan fingerprint density at radius 3 is 2.55 bits per heavy atom. The summed E-state index contributed by atoms with van der Waals surface area (Å²) in [6.07, 6.45) is -0.773. The predicted molar refractivity (Wildman–Crippen MR) is 78.3 cm³/mol. The van der Waals surface area contributed by atoms with Crippen LogP contribution in [0.5, 0.6) is 0 Å². The van der Waals surface area contributed by atoms with Gasteiger partial charge in [-0.2, -0.15) is 0 Å². The third-order valence-corrected chi connectivity index (χ3v) is 3.97. The lowest BCUT2D eigenvalue weighted by molar-refractivity contribution is -0.130. The van der Waals surface area contributed by atoms with Crippen molar-refractivity contribution < 1.29 is 15.0 Å². The summed E-state index contributed by atoms with van der Waals surface area (Å²) in [5, 5.41) is 23.8. The number of carbonyl (C=O) groups is 1. The van der Waals surface area contributed by atoms with Gasteiger partial charge >= 0.3 is 0 Å². The topological polar surface area (TPSA) is 69.6 Å². The highest BCUT2D eigenvalue weighted by Crippen LogP contribution is 2.23. The molecule has 3 N–H and O–H groups in total. The Bertz CT molecular complexity index is 527. The highest BCUT2D eigenvalue weighted by Gasteiger charge is 2.21. The minimum Gasteiger partial charge on any atom is -0.396 e. The van der Waals surface area contributed by atoms with E-state index in [4.69, 9.17) is 5.11 Å². The smallest absolute Gasteiger partial charge is 0.253 e. The van der Waals surface area contributed by atoms with Gasteiger partial charge in [0.25, 0.3) is 5.91 Å². The first-order valence-corrected chi connectivity index (χ1v) is 7.28. The fourth-order valence-electron chi connectivity index (χ4n) is 1.94. The molecule has 4 nitrogen and oxygen atoms in total. The minimum absolute atomic E-state index is 0.0235. The number of hydrogen-bond donors (Lipinski definition) is 3. The van der Waals surface area contributed by atoms with E-state index in [9.17, 15) is 9.90 Å². The number of nitrogens with one attached hydrogen (secondary N) is 1. The lowest BCUT2D eigenvalue weighted by atomic mass is 10.1. The first-order valence-electron chi connectivity index (χ1n) is 6.40. The van der Waals surface area contributed by atoms with Gasteiger partial charge in [-0.15, -0.1) is 11.3 Å². The van der Waals surface area contributed by atoms with Crippen molar-refractivity contribution in [3.8, 4) is 0 Å². The number of thiophene rings is 1. The van der Waals surface area contributed by atoms with Crippen LogP contribution in [-0.4, -0.2) is 22.7 Å². The molecule has 0 bridgehead atoms. The lowest BCUT2D eigenvalue weighted by Gasteiger charge is -2.19. The van der Waals surface area contributed by atoms with Crippen LogP contribution in [0, 0.1) is 0 Å². The second-order valence-electron chi connectivity index (χ2n) is 4.40. The Labute approximate surface area is 121 Å². The van der Waals surface area contributed by atoms with Crippen LogP contribution >= 0.6 is 11.3 Å². The van der Waals surface area contributed by atoms with E-state index in [1.807, 2.05) is 23.6 Å². The molecule has 106 valence electrons. The fourth-order valence-corrected chi connectivity index (χ4v) is 2.75. The molecule has 0 spiro atoms. The quantitative estimate of drug-likeness (QED) is 0.762. The fraction of sp³-hybridized carbons (Fsp3) is 0.267. The third kappa shape index (κ3) is 3.66. The van der Waals surface area contributed by atoms with E-state index in [0.29, 0.717) is 12.0 Å². The molecular formula is C15H17NO3S. The van der Waals surface area contributed by atoms with Crippen LogP contribution in [0.3, 0.4) is 0 Å². The Morgan fingerprint density at radius 1 is 1.20 bits per heavy atom. The third-order valence-electron chi connectivity index (χ3n) is 2.98. The zero-order chi connectivity index (χ0) is 14.4. The van der Waals surface area contributed by atoms with Crippen molar-refractivity contribution in [1.82, 2.24) is 5.32 Å². The highest BCUT2D eigenvalue weighted by molar-refractivity contribution is 7.10. The van der Waals surface area contributed by atoms with Crippen molar-refractivity contribution >= 4 is 17.2 Å². The molecular weight excluding hydrogens is 274 g/mol. The highest BCUT2D eigenvalue weighted by atomic mass is 32.1. The number of rotatable bonds is 6. The van der Waals surface area contributed by atoms with Crippen molar-refractivity contribution in [2.24, 2.45) is 0 Å². The maximum Gasteiger partial charge on any atom is 0.253 e. The van der Waals surface area contributed by atoms with E-state index >= 15 is 0 Å². The monoisotopic (exact) mass is 291 g/mol. The van der Waals surface area contributed by atoms with Gasteiger partial charge < -0.3 is 15.5 Å². The summed E-state index contributed by atoms with van der Waals surface area (Å²) in [7, 11) is 0. The number of aliphatic hydroxyl groups is 2. The molecule has 0 aliphatic heterocycles. The Kier molecular flexibility index (Phi) is 5.29. The molecule has 2 rings (SSSR count). The molecule has 1 amide bonds. The molecule has 0 fully saturated rings. The maximum atomic E-state index is 12.1. The summed E-state index contributed by atoms with van der Waals surface area (Å²) in [5.41, 5.74) is 0.555. The molecule has 1 aromatic carbocycles. The van der Waals surface area contributed by atoms with Crippen molar-refractivity contribution in [1.29, 1.82) is 0 Å². The normalized spacial score (nSPS) is 13.7. The number of aliphatic hydroxyl groups excluding tert-OH is 2. The van der Waals surface area contributed by atoms with Crippen LogP contribution in [0.25, 0.3) is 0 Å². The summed E-state index contributed by atoms with van der Waals surface area (Å²) in [6, 6.07) is 12.3. The van der Waals surface area contributed by atoms with Crippen LogP contribution in [0.2, 0.25) is 0 Å². The Morgan fingerprint density at radius 2 is 1.95 bits per heavy atom. The Hall–Kier alpha value is -1.69. The van der Waals surface area contributed by atoms with E-state index < -0.39 is 12.0 Å². The number of benzene rings is 1. The van der Waals surface area contributed by atoms with Crippen molar-refractivity contribution in [3.05, 3.63) is 58.3 Å². The molecule has 0 radical (unpaired) electrons. The van der Waals surface area contributed by atoms with Crippen molar-refractivity contribution in [2.45, 2.75) is 18.6 Å². The van der Waals surface area contributed by atoms with Crippen LogP contribution in [0.15, 0.2) is 47.8 Å². The maximum absolute atomic E-state index is 12.1. The minimum atomic E-state index is -1.20. The van der Waals surface area contributed by atoms with Crippen LogP contribution in [-0.2, 0) is 4.79 Å². The number of hydrogen-bond acceptors (Lipinski definition) is 4. The van der Waals surface area contributed by atoms with Crippen LogP contribution < -0.4 is 5.32 Å². The molecule has 1 aromatic heterocycles. The van der Waals surface area contributed by atoms with Crippen LogP contribution in [0.1, 0.15) is 29.0 Å². The van der Waals surface area contributed by atoms with Crippen molar-refractivity contribution in [3.63, 3.8) is 0 Å². The van der Waals surface area contributed by atoms with Gasteiger partial charge in [-0.25, -0.2) is 0 Å². The molecule has 20 heavy (non-hydrogen) atoms. The average Bonchev–Trinajstić information content (AvgIpc) is 3.01. The summed E-state index contributed by atoms with van der Waals surface area (Å²) < 4.78 is 0. The van der Waals surface area contributed by atoms with Gasteiger partial charge in [0.2, 0.25) is 0 Å². The van der Waals surface area contributed by atoms with E-state index in [2.05, 4.69) is 5.32 Å². The molecule has 0 unspecified atom stereocenters. The zero-order valence-corrected chi connectivity index (χ0v) is 11.7. The molecule has 0 aliphatic rings. The van der Waals surface area contributed by atoms with Gasteiger partial charge in [0.1, 0.15) is 0 Å². The van der Waals surface area contributed by atoms with E-state index in [1.165, 1.54) is 11.3 Å². The molecule has 5 heteroatoms. The molecule has 0 aliphatic carbocycles. The van der Waals surface area contributed by atoms with E-state index in [1.54, 1.807) is 24.3 Å². The SMILES string of the molecule is O=C(N[C@@H](CCO)c1cccs1)[C@H](O)c1ccccc1. The van der Waals surface area contributed by atoms with E-state index in [0.717, 1.165) is 4.88 Å². The molecule has 0 saturated heterocycles. The van der Waals surface area contributed by atoms with Crippen molar-refractivity contribution in [2.75, 3.05) is 6.61 Å². The number of amides is 1. The van der Waals surface area contributed by atoms with Crippen LogP contribution in [0.4, 0.5) is 0 Å². The first kappa shape index (κ1) is 14.7. The summed E-state index contributed by atoms with van der Waals surface area (Å²) >= 11 is 1.51. The second-order valence-corrected chi connectivity index (χ2v) is 5.38. The summed E-state index contributed by atoms with van der Waals surface area (Å²) in [4.78, 5) is 13.1. The largest absolute Gasteiger partial charge is 0.396 e.